The van der Waals surface area contributed by atoms with Gasteiger partial charge in [0.1, 0.15) is 29.1 Å². The first-order valence-electron chi connectivity index (χ1n) is 9.43. The van der Waals surface area contributed by atoms with Gasteiger partial charge in [-0.15, -0.1) is 0 Å². The second-order valence-electron chi connectivity index (χ2n) is 6.59. The number of rotatable bonds is 7. The molecule has 1 aliphatic heterocycles. The zero-order valence-corrected chi connectivity index (χ0v) is 16.8. The number of amides is 1. The highest BCUT2D eigenvalue weighted by molar-refractivity contribution is 5.65. The minimum atomic E-state index is -4.63. The van der Waals surface area contributed by atoms with Crippen LogP contribution in [0.3, 0.4) is 0 Å². The fraction of sp³-hybridized carbons (Fsp3) is 0.421. The molecule has 3 rings (SSSR count). The Hall–Kier alpha value is -3.15. The summed E-state index contributed by atoms with van der Waals surface area (Å²) in [5, 5.41) is 5.07. The molecule has 2 heterocycles. The number of morpholine rings is 1. The van der Waals surface area contributed by atoms with E-state index in [1.807, 2.05) is 0 Å². The van der Waals surface area contributed by atoms with E-state index in [1.165, 1.54) is 18.0 Å². The largest absolute Gasteiger partial charge is 0.492 e. The van der Waals surface area contributed by atoms with Gasteiger partial charge < -0.3 is 25.0 Å². The minimum absolute atomic E-state index is 0.132. The zero-order chi connectivity index (χ0) is 22.6. The van der Waals surface area contributed by atoms with Gasteiger partial charge in [-0.3, -0.25) is 4.79 Å². The molecule has 0 spiro atoms. The molecule has 1 aromatic carbocycles. The second-order valence-corrected chi connectivity index (χ2v) is 6.59. The average Bonchev–Trinajstić information content (AvgIpc) is 2.74. The third-order valence-corrected chi connectivity index (χ3v) is 4.57. The molecule has 1 atom stereocenters. The van der Waals surface area contributed by atoms with Gasteiger partial charge in [-0.05, 0) is 13.0 Å². The van der Waals surface area contributed by atoms with Crippen molar-refractivity contribution in [1.29, 1.82) is 0 Å². The summed E-state index contributed by atoms with van der Waals surface area (Å²) >= 11 is 0. The lowest BCUT2D eigenvalue weighted by molar-refractivity contribution is -0.137. The van der Waals surface area contributed by atoms with Crippen molar-refractivity contribution in [2.75, 3.05) is 44.0 Å². The molecule has 1 aromatic heterocycles. The Balaban J connectivity index is 1.93. The minimum Gasteiger partial charge on any atom is -0.492 e. The van der Waals surface area contributed by atoms with Crippen LogP contribution in [-0.4, -0.2) is 54.6 Å². The highest BCUT2D eigenvalue weighted by Gasteiger charge is 2.35. The van der Waals surface area contributed by atoms with E-state index in [4.69, 9.17) is 9.47 Å². The van der Waals surface area contributed by atoms with Crippen LogP contribution in [-0.2, 0) is 15.7 Å². The SMILES string of the molecule is CCOc1cc(C2CN(C=O)CCO2)c(F)cc1Nc1ncc(C(F)(F)F)c(NC)n1. The number of hydrogen-bond donors (Lipinski definition) is 2. The van der Waals surface area contributed by atoms with Crippen molar-refractivity contribution in [1.82, 2.24) is 14.9 Å². The monoisotopic (exact) mass is 443 g/mol. The first kappa shape index (κ1) is 22.5. The molecule has 2 N–H and O–H groups in total. The molecule has 1 saturated heterocycles. The van der Waals surface area contributed by atoms with Crippen LogP contribution in [0, 0.1) is 5.82 Å². The summed E-state index contributed by atoms with van der Waals surface area (Å²) in [6.45, 7) is 2.84. The number of benzene rings is 1. The molecule has 0 radical (unpaired) electrons. The number of aromatic nitrogens is 2. The van der Waals surface area contributed by atoms with Crippen molar-refractivity contribution in [2.45, 2.75) is 19.2 Å². The van der Waals surface area contributed by atoms with Crippen molar-refractivity contribution < 1.29 is 31.8 Å². The Morgan fingerprint density at radius 1 is 1.39 bits per heavy atom. The maximum absolute atomic E-state index is 14.9. The molecule has 1 unspecified atom stereocenters. The lowest BCUT2D eigenvalue weighted by Gasteiger charge is -2.31. The Morgan fingerprint density at radius 2 is 2.16 bits per heavy atom. The normalized spacial score (nSPS) is 16.7. The van der Waals surface area contributed by atoms with Gasteiger partial charge >= 0.3 is 6.18 Å². The number of nitrogens with zero attached hydrogens (tertiary/aromatic N) is 3. The Morgan fingerprint density at radius 3 is 2.81 bits per heavy atom. The summed E-state index contributed by atoms with van der Waals surface area (Å²) in [6.07, 6.45) is -3.99. The number of carbonyl (C=O) groups is 1. The third kappa shape index (κ3) is 5.13. The van der Waals surface area contributed by atoms with Crippen LogP contribution in [0.2, 0.25) is 0 Å². The fourth-order valence-corrected chi connectivity index (χ4v) is 3.10. The van der Waals surface area contributed by atoms with Gasteiger partial charge in [0.15, 0.2) is 0 Å². The standard InChI is InChI=1S/C19H21F4N5O3/c1-3-30-15-6-11(16-9-28(10-29)4-5-31-16)13(20)7-14(15)26-18-25-8-12(19(21,22)23)17(24-2)27-18/h6-8,10,16H,3-5,9H2,1-2H3,(H2,24,25,26,27). The van der Waals surface area contributed by atoms with Gasteiger partial charge in [-0.1, -0.05) is 0 Å². The van der Waals surface area contributed by atoms with Crippen LogP contribution in [0.5, 0.6) is 5.75 Å². The Kier molecular flexibility index (Phi) is 6.78. The molecule has 0 bridgehead atoms. The van der Waals surface area contributed by atoms with Crippen LogP contribution < -0.4 is 15.4 Å². The third-order valence-electron chi connectivity index (χ3n) is 4.57. The zero-order valence-electron chi connectivity index (χ0n) is 16.8. The number of carbonyl (C=O) groups excluding carboxylic acids is 1. The van der Waals surface area contributed by atoms with Crippen molar-refractivity contribution in [3.05, 3.63) is 35.3 Å². The van der Waals surface area contributed by atoms with Crippen LogP contribution in [0.15, 0.2) is 18.3 Å². The highest BCUT2D eigenvalue weighted by Crippen LogP contribution is 2.36. The van der Waals surface area contributed by atoms with Crippen molar-refractivity contribution >= 4 is 23.9 Å². The van der Waals surface area contributed by atoms with E-state index in [0.29, 0.717) is 19.2 Å². The van der Waals surface area contributed by atoms with Crippen molar-refractivity contribution in [2.24, 2.45) is 0 Å². The summed E-state index contributed by atoms with van der Waals surface area (Å²) in [5.74, 6) is -0.999. The lowest BCUT2D eigenvalue weighted by Crippen LogP contribution is -2.37. The predicted octanol–water partition coefficient (Wildman–Crippen LogP) is 3.35. The summed E-state index contributed by atoms with van der Waals surface area (Å²) in [5.41, 5.74) is -0.695. The first-order valence-corrected chi connectivity index (χ1v) is 9.43. The molecule has 12 heteroatoms. The van der Waals surface area contributed by atoms with Gasteiger partial charge in [0, 0.05) is 31.4 Å². The maximum Gasteiger partial charge on any atom is 0.421 e. The average molecular weight is 443 g/mol. The van der Waals surface area contributed by atoms with E-state index >= 15 is 0 Å². The van der Waals surface area contributed by atoms with Gasteiger partial charge in [-0.25, -0.2) is 9.37 Å². The van der Waals surface area contributed by atoms with Crippen molar-refractivity contribution in [3.8, 4) is 5.75 Å². The number of alkyl halides is 3. The topological polar surface area (TPSA) is 88.6 Å². The molecular formula is C19H21F4N5O3. The smallest absolute Gasteiger partial charge is 0.421 e. The fourth-order valence-electron chi connectivity index (χ4n) is 3.10. The van der Waals surface area contributed by atoms with Crippen LogP contribution in [0.25, 0.3) is 0 Å². The van der Waals surface area contributed by atoms with Crippen LogP contribution in [0.1, 0.15) is 24.2 Å². The molecule has 2 aromatic rings. The summed E-state index contributed by atoms with van der Waals surface area (Å²) in [6, 6.07) is 2.56. The molecule has 0 aliphatic carbocycles. The summed E-state index contributed by atoms with van der Waals surface area (Å²) < 4.78 is 65.1. The van der Waals surface area contributed by atoms with E-state index in [-0.39, 0.29) is 42.7 Å². The van der Waals surface area contributed by atoms with E-state index in [1.54, 1.807) is 6.92 Å². The lowest BCUT2D eigenvalue weighted by atomic mass is 10.1. The predicted molar refractivity (Wildman–Crippen MR) is 104 cm³/mol. The molecule has 0 saturated carbocycles. The van der Waals surface area contributed by atoms with Gasteiger partial charge in [0.2, 0.25) is 12.4 Å². The molecule has 1 amide bonds. The van der Waals surface area contributed by atoms with E-state index in [9.17, 15) is 22.4 Å². The number of nitrogens with one attached hydrogen (secondary N) is 2. The van der Waals surface area contributed by atoms with Crippen molar-refractivity contribution in [3.63, 3.8) is 0 Å². The second kappa shape index (κ2) is 9.33. The Bertz CT molecular complexity index is 941. The maximum atomic E-state index is 14.9. The first-order chi connectivity index (χ1) is 14.8. The molecule has 168 valence electrons. The highest BCUT2D eigenvalue weighted by atomic mass is 19.4. The summed E-state index contributed by atoms with van der Waals surface area (Å²) in [7, 11) is 1.30. The number of ether oxygens (including phenoxy) is 2. The molecule has 1 aliphatic rings. The van der Waals surface area contributed by atoms with Crippen LogP contribution >= 0.6 is 0 Å². The van der Waals surface area contributed by atoms with E-state index in [2.05, 4.69) is 20.6 Å². The molecule has 1 fully saturated rings. The molecular weight excluding hydrogens is 422 g/mol. The quantitative estimate of drug-likeness (QED) is 0.501. The number of halogens is 4. The van der Waals surface area contributed by atoms with Gasteiger partial charge in [-0.2, -0.15) is 18.2 Å². The molecule has 31 heavy (non-hydrogen) atoms. The van der Waals surface area contributed by atoms with Gasteiger partial charge in [0.05, 0.1) is 25.4 Å². The van der Waals surface area contributed by atoms with Crippen LogP contribution in [0.4, 0.5) is 35.0 Å². The van der Waals surface area contributed by atoms with Gasteiger partial charge in [0.25, 0.3) is 0 Å². The van der Waals surface area contributed by atoms with E-state index < -0.39 is 29.5 Å². The Labute approximate surface area is 175 Å². The summed E-state index contributed by atoms with van der Waals surface area (Å²) in [4.78, 5) is 20.0. The molecule has 8 nitrogen and oxygen atoms in total. The number of anilines is 3. The number of hydrogen-bond acceptors (Lipinski definition) is 7. The van der Waals surface area contributed by atoms with E-state index in [0.717, 1.165) is 6.07 Å².